The van der Waals surface area contributed by atoms with E-state index in [1.54, 1.807) is 15.9 Å². The lowest BCUT2D eigenvalue weighted by Crippen LogP contribution is -2.57. The maximum absolute atomic E-state index is 14.7. The smallest absolute Gasteiger partial charge is 0.313 e. The van der Waals surface area contributed by atoms with Crippen LogP contribution in [0.5, 0.6) is 0 Å². The van der Waals surface area contributed by atoms with Crippen LogP contribution in [0, 0.1) is 31.6 Å². The summed E-state index contributed by atoms with van der Waals surface area (Å²) in [5.74, 6) is -2.67. The van der Waals surface area contributed by atoms with Crippen molar-refractivity contribution in [3.05, 3.63) is 54.6 Å². The minimum atomic E-state index is -1.14. The zero-order chi connectivity index (χ0) is 28.5. The lowest BCUT2D eigenvalue weighted by atomic mass is 9.62. The van der Waals surface area contributed by atoms with Gasteiger partial charge in [0.25, 0.3) is 5.91 Å². The number of likely N-dealkylation sites (tertiary alicyclic amines) is 1. The van der Waals surface area contributed by atoms with Crippen LogP contribution < -0.4 is 4.90 Å². The number of benzene rings is 1. The fourth-order valence-corrected chi connectivity index (χ4v) is 7.01. The number of carbonyl (C=O) groups excluding carboxylic acids is 3. The number of anilines is 1. The van der Waals surface area contributed by atoms with Crippen LogP contribution in [0.3, 0.4) is 0 Å². The summed E-state index contributed by atoms with van der Waals surface area (Å²) < 4.78 is 12.3. The van der Waals surface area contributed by atoms with Crippen molar-refractivity contribution in [1.29, 1.82) is 0 Å². The van der Waals surface area contributed by atoms with E-state index in [0.29, 0.717) is 32.2 Å². The van der Waals surface area contributed by atoms with Gasteiger partial charge in [0.15, 0.2) is 0 Å². The summed E-state index contributed by atoms with van der Waals surface area (Å²) in [6.45, 7) is 16.1. The Morgan fingerprint density at radius 3 is 2.64 bits per heavy atom. The highest BCUT2D eigenvalue weighted by atomic mass is 16.6. The molecule has 0 saturated carbocycles. The molecule has 8 nitrogen and oxygen atoms in total. The Hall–Kier alpha value is -2.97. The molecular weight excluding hydrogens is 496 g/mol. The van der Waals surface area contributed by atoms with Gasteiger partial charge >= 0.3 is 5.97 Å². The molecule has 0 aliphatic carbocycles. The predicted octanol–water partition coefficient (Wildman–Crippen LogP) is 3.72. The first-order valence-electron chi connectivity index (χ1n) is 14.0. The van der Waals surface area contributed by atoms with Crippen molar-refractivity contribution in [3.63, 3.8) is 0 Å². The fourth-order valence-electron chi connectivity index (χ4n) is 7.01. The zero-order valence-electron chi connectivity index (χ0n) is 23.7. The van der Waals surface area contributed by atoms with Gasteiger partial charge in [0, 0.05) is 25.4 Å². The molecule has 8 heteroatoms. The van der Waals surface area contributed by atoms with Crippen molar-refractivity contribution in [3.8, 4) is 0 Å². The van der Waals surface area contributed by atoms with E-state index in [2.05, 4.69) is 13.2 Å². The summed E-state index contributed by atoms with van der Waals surface area (Å²) >= 11 is 0. The van der Waals surface area contributed by atoms with Gasteiger partial charge in [0.05, 0.1) is 11.5 Å². The highest BCUT2D eigenvalue weighted by Crippen LogP contribution is 2.65. The van der Waals surface area contributed by atoms with E-state index in [9.17, 15) is 19.5 Å². The van der Waals surface area contributed by atoms with Crippen LogP contribution in [-0.4, -0.2) is 71.3 Å². The first-order valence-corrected chi connectivity index (χ1v) is 14.0. The number of rotatable bonds is 12. The number of fused-ring (bicyclic) bond motifs is 1. The number of hydrogen-bond acceptors (Lipinski definition) is 6. The van der Waals surface area contributed by atoms with Crippen LogP contribution in [0.4, 0.5) is 5.69 Å². The molecule has 3 heterocycles. The third kappa shape index (κ3) is 4.72. The van der Waals surface area contributed by atoms with E-state index >= 15 is 0 Å². The third-order valence-electron chi connectivity index (χ3n) is 8.94. The predicted molar refractivity (Wildman–Crippen MR) is 149 cm³/mol. The standard InChI is InChI=1S/C31H42N2O6/c1-7-14-32(23-18-20(3)12-13-21(23)4)28(36)26-31-19-22(5)30(6,39-31)25(29(37)38-17-8-2)24(31)27(35)33(26)15-10-9-11-16-34/h7-8,12-13,18,22,24-26,34H,1-2,9-11,14-17,19H2,3-6H3/t22?,24-,25-,26?,30+,31?/m0/s1. The van der Waals surface area contributed by atoms with Crippen molar-refractivity contribution >= 4 is 23.5 Å². The average Bonchev–Trinajstić information content (AvgIpc) is 3.41. The van der Waals surface area contributed by atoms with Crippen molar-refractivity contribution in [2.24, 2.45) is 17.8 Å². The number of amides is 2. The van der Waals surface area contributed by atoms with Gasteiger partial charge in [0.2, 0.25) is 5.91 Å². The van der Waals surface area contributed by atoms with Crippen molar-refractivity contribution < 1.29 is 29.0 Å². The molecule has 0 radical (unpaired) electrons. The SMILES string of the molecule is C=CCOC(=O)[C@@H]1[C@H]2C(=O)N(CCCCCO)C(C(=O)N(CC=C)c3cc(C)ccc3C)C23CC(C)[C@@]1(C)O3. The molecule has 0 aromatic heterocycles. The summed E-state index contributed by atoms with van der Waals surface area (Å²) in [5.41, 5.74) is 0.644. The molecule has 3 aliphatic rings. The number of aryl methyl sites for hydroxylation is 2. The summed E-state index contributed by atoms with van der Waals surface area (Å²) in [5, 5.41) is 9.27. The number of nitrogens with zero attached hydrogens (tertiary/aromatic N) is 2. The van der Waals surface area contributed by atoms with Gasteiger partial charge in [0.1, 0.15) is 24.2 Å². The first-order chi connectivity index (χ1) is 18.6. The Morgan fingerprint density at radius 2 is 1.97 bits per heavy atom. The highest BCUT2D eigenvalue weighted by molar-refractivity contribution is 6.05. The summed E-state index contributed by atoms with van der Waals surface area (Å²) in [6.07, 6.45) is 5.63. The van der Waals surface area contributed by atoms with Gasteiger partial charge in [-0.25, -0.2) is 0 Å². The molecule has 1 N–H and O–H groups in total. The molecule has 1 aromatic carbocycles. The molecular formula is C31H42N2O6. The van der Waals surface area contributed by atoms with Crippen LogP contribution in [0.15, 0.2) is 43.5 Å². The Labute approximate surface area is 231 Å². The van der Waals surface area contributed by atoms with Crippen molar-refractivity contribution in [1.82, 2.24) is 4.90 Å². The van der Waals surface area contributed by atoms with Crippen LogP contribution in [0.1, 0.15) is 50.7 Å². The Bertz CT molecular complexity index is 1150. The van der Waals surface area contributed by atoms with E-state index in [4.69, 9.17) is 9.47 Å². The topological polar surface area (TPSA) is 96.4 Å². The van der Waals surface area contributed by atoms with Gasteiger partial charge < -0.3 is 24.4 Å². The normalized spacial score (nSPS) is 30.8. The molecule has 212 valence electrons. The van der Waals surface area contributed by atoms with Crippen LogP contribution in [0.2, 0.25) is 0 Å². The number of aliphatic hydroxyl groups excluding tert-OH is 1. The Morgan fingerprint density at radius 1 is 1.23 bits per heavy atom. The second-order valence-electron chi connectivity index (χ2n) is 11.5. The van der Waals surface area contributed by atoms with Crippen molar-refractivity contribution in [2.75, 3.05) is 31.2 Å². The number of ether oxygens (including phenoxy) is 2. The number of hydrogen-bond donors (Lipinski definition) is 1. The quantitative estimate of drug-likeness (QED) is 0.248. The van der Waals surface area contributed by atoms with Gasteiger partial charge in [-0.05, 0) is 69.6 Å². The maximum atomic E-state index is 14.7. The number of carbonyl (C=O) groups is 3. The van der Waals surface area contributed by atoms with Crippen molar-refractivity contribution in [2.45, 2.75) is 70.6 Å². The molecule has 1 aromatic rings. The number of aliphatic hydroxyl groups is 1. The molecule has 3 unspecified atom stereocenters. The molecule has 3 fully saturated rings. The van der Waals surface area contributed by atoms with Crippen LogP contribution in [-0.2, 0) is 23.9 Å². The molecule has 1 spiro atoms. The fraction of sp³-hybridized carbons (Fsp3) is 0.581. The lowest BCUT2D eigenvalue weighted by molar-refractivity contribution is -0.160. The Kier molecular flexibility index (Phi) is 8.38. The lowest BCUT2D eigenvalue weighted by Gasteiger charge is -2.37. The third-order valence-corrected chi connectivity index (χ3v) is 8.94. The largest absolute Gasteiger partial charge is 0.461 e. The minimum Gasteiger partial charge on any atom is -0.461 e. The van der Waals surface area contributed by atoms with Crippen LogP contribution >= 0.6 is 0 Å². The van der Waals surface area contributed by atoms with E-state index < -0.39 is 35.0 Å². The van der Waals surface area contributed by atoms with Gasteiger partial charge in [-0.1, -0.05) is 37.8 Å². The second kappa shape index (κ2) is 11.3. The monoisotopic (exact) mass is 538 g/mol. The van der Waals surface area contributed by atoms with E-state index in [1.165, 1.54) is 6.08 Å². The molecule has 2 bridgehead atoms. The Balaban J connectivity index is 1.81. The molecule has 6 atom stereocenters. The van der Waals surface area contributed by atoms with Gasteiger partial charge in [-0.15, -0.1) is 6.58 Å². The zero-order valence-corrected chi connectivity index (χ0v) is 23.7. The first kappa shape index (κ1) is 29.0. The summed E-state index contributed by atoms with van der Waals surface area (Å²) in [6, 6.07) is 5.06. The molecule has 3 saturated heterocycles. The second-order valence-corrected chi connectivity index (χ2v) is 11.5. The molecule has 4 rings (SSSR count). The maximum Gasteiger partial charge on any atom is 0.313 e. The van der Waals surface area contributed by atoms with E-state index in [1.807, 2.05) is 45.9 Å². The summed E-state index contributed by atoms with van der Waals surface area (Å²) in [7, 11) is 0. The molecule has 2 amide bonds. The van der Waals surface area contributed by atoms with E-state index in [0.717, 1.165) is 16.8 Å². The van der Waals surface area contributed by atoms with Crippen LogP contribution in [0.25, 0.3) is 0 Å². The van der Waals surface area contributed by atoms with E-state index in [-0.39, 0.29) is 37.5 Å². The van der Waals surface area contributed by atoms with Gasteiger partial charge in [-0.3, -0.25) is 14.4 Å². The van der Waals surface area contributed by atoms with Gasteiger partial charge in [-0.2, -0.15) is 0 Å². The number of esters is 1. The molecule has 39 heavy (non-hydrogen) atoms. The summed E-state index contributed by atoms with van der Waals surface area (Å²) in [4.78, 5) is 45.6. The average molecular weight is 539 g/mol. The number of unbranched alkanes of at least 4 members (excludes halogenated alkanes) is 2. The highest BCUT2D eigenvalue weighted by Gasteiger charge is 2.80. The molecule has 3 aliphatic heterocycles. The minimum absolute atomic E-state index is 0.0423.